The topological polar surface area (TPSA) is 35.6 Å². The monoisotopic (exact) mass is 373 g/mol. The fraction of sp³-hybridized carbons (Fsp3) is 0.278. The van der Waals surface area contributed by atoms with Gasteiger partial charge < -0.3 is 10.2 Å². The van der Waals surface area contributed by atoms with E-state index in [0.29, 0.717) is 0 Å². The largest absolute Gasteiger partial charge is 0.322 e. The fourth-order valence-corrected chi connectivity index (χ4v) is 3.09. The van der Waals surface area contributed by atoms with E-state index in [9.17, 15) is 4.79 Å². The number of urea groups is 1. The smallest absolute Gasteiger partial charge is 0.321 e. The maximum absolute atomic E-state index is 12.4. The molecule has 0 spiro atoms. The van der Waals surface area contributed by atoms with Crippen molar-refractivity contribution in [2.45, 2.75) is 6.54 Å². The van der Waals surface area contributed by atoms with Crippen molar-refractivity contribution in [2.75, 3.05) is 31.5 Å². The third-order valence-electron chi connectivity index (χ3n) is 4.02. The third kappa shape index (κ3) is 4.33. The Morgan fingerprint density at radius 2 is 1.61 bits per heavy atom. The molecule has 0 unspecified atom stereocenters. The molecule has 2 amide bonds. The van der Waals surface area contributed by atoms with Crippen molar-refractivity contribution in [1.29, 1.82) is 0 Å². The Kier molecular flexibility index (Phi) is 5.31. The Balaban J connectivity index is 1.50. The van der Waals surface area contributed by atoms with E-state index in [-0.39, 0.29) is 6.03 Å². The molecule has 4 nitrogen and oxygen atoms in total. The van der Waals surface area contributed by atoms with Gasteiger partial charge in [-0.15, -0.1) is 0 Å². The quantitative estimate of drug-likeness (QED) is 0.887. The number of carbonyl (C=O) groups is 1. The van der Waals surface area contributed by atoms with Crippen LogP contribution in [0.5, 0.6) is 0 Å². The molecular formula is C18H20BrN3O. The molecule has 0 bridgehead atoms. The van der Waals surface area contributed by atoms with Gasteiger partial charge in [-0.3, -0.25) is 4.90 Å². The van der Waals surface area contributed by atoms with Gasteiger partial charge in [0.1, 0.15) is 0 Å². The predicted octanol–water partition coefficient (Wildman–Crippen LogP) is 3.80. The summed E-state index contributed by atoms with van der Waals surface area (Å²) in [5.41, 5.74) is 2.13. The fourth-order valence-electron chi connectivity index (χ4n) is 2.71. The van der Waals surface area contributed by atoms with Gasteiger partial charge in [0.05, 0.1) is 5.69 Å². The van der Waals surface area contributed by atoms with Gasteiger partial charge in [-0.1, -0.05) is 42.5 Å². The summed E-state index contributed by atoms with van der Waals surface area (Å²) >= 11 is 3.45. The van der Waals surface area contributed by atoms with E-state index in [1.54, 1.807) is 0 Å². The highest BCUT2D eigenvalue weighted by molar-refractivity contribution is 9.10. The molecule has 23 heavy (non-hydrogen) atoms. The zero-order chi connectivity index (χ0) is 16.1. The van der Waals surface area contributed by atoms with Crippen LogP contribution in [0.1, 0.15) is 5.56 Å². The molecule has 0 atom stereocenters. The molecule has 1 saturated heterocycles. The van der Waals surface area contributed by atoms with Crippen LogP contribution in [0.4, 0.5) is 10.5 Å². The van der Waals surface area contributed by atoms with Crippen LogP contribution in [-0.2, 0) is 6.54 Å². The molecule has 0 radical (unpaired) electrons. The number of anilines is 1. The highest BCUT2D eigenvalue weighted by Gasteiger charge is 2.21. The number of carbonyl (C=O) groups excluding carboxylic acids is 1. The van der Waals surface area contributed by atoms with Crippen LogP contribution in [-0.4, -0.2) is 42.0 Å². The molecular weight excluding hydrogens is 354 g/mol. The van der Waals surface area contributed by atoms with E-state index >= 15 is 0 Å². The van der Waals surface area contributed by atoms with Crippen molar-refractivity contribution in [3.05, 3.63) is 64.6 Å². The Bertz CT molecular complexity index is 654. The molecule has 2 aromatic rings. The van der Waals surface area contributed by atoms with Gasteiger partial charge in [0.2, 0.25) is 0 Å². The lowest BCUT2D eigenvalue weighted by molar-refractivity contribution is 0.143. The van der Waals surface area contributed by atoms with E-state index in [1.807, 2.05) is 35.2 Å². The number of benzene rings is 2. The number of amides is 2. The zero-order valence-corrected chi connectivity index (χ0v) is 14.5. The summed E-state index contributed by atoms with van der Waals surface area (Å²) in [5, 5.41) is 2.97. The summed E-state index contributed by atoms with van der Waals surface area (Å²) in [7, 11) is 0. The van der Waals surface area contributed by atoms with Crippen LogP contribution in [0.25, 0.3) is 0 Å². The first-order valence-electron chi connectivity index (χ1n) is 7.79. The van der Waals surface area contributed by atoms with Gasteiger partial charge in [-0.2, -0.15) is 0 Å². The van der Waals surface area contributed by atoms with E-state index in [4.69, 9.17) is 0 Å². The molecule has 0 aliphatic carbocycles. The summed E-state index contributed by atoms with van der Waals surface area (Å²) in [4.78, 5) is 16.6. The van der Waals surface area contributed by atoms with Crippen molar-refractivity contribution in [2.24, 2.45) is 0 Å². The van der Waals surface area contributed by atoms with Gasteiger partial charge >= 0.3 is 6.03 Å². The molecule has 120 valence electrons. The summed E-state index contributed by atoms with van der Waals surface area (Å²) in [6.45, 7) is 4.25. The number of para-hydroxylation sites is 1. The molecule has 1 aliphatic rings. The van der Waals surface area contributed by atoms with Crippen molar-refractivity contribution in [3.63, 3.8) is 0 Å². The molecule has 3 rings (SSSR count). The van der Waals surface area contributed by atoms with E-state index < -0.39 is 0 Å². The molecule has 5 heteroatoms. The number of nitrogens with one attached hydrogen (secondary N) is 1. The highest BCUT2D eigenvalue weighted by Crippen LogP contribution is 2.21. The lowest BCUT2D eigenvalue weighted by Gasteiger charge is -2.34. The zero-order valence-electron chi connectivity index (χ0n) is 12.9. The number of rotatable bonds is 3. The van der Waals surface area contributed by atoms with Gasteiger partial charge in [0.25, 0.3) is 0 Å². The summed E-state index contributed by atoms with van der Waals surface area (Å²) in [5.74, 6) is 0. The standard InChI is InChI=1S/C18H20BrN3O/c19-16-8-4-5-9-17(16)20-18(23)22-12-10-21(11-13-22)14-15-6-2-1-3-7-15/h1-9H,10-14H2,(H,20,23). The van der Waals surface area contributed by atoms with E-state index in [0.717, 1.165) is 42.9 Å². The molecule has 2 aromatic carbocycles. The second kappa shape index (κ2) is 7.62. The minimum atomic E-state index is -0.0312. The molecule has 0 aromatic heterocycles. The summed E-state index contributed by atoms with van der Waals surface area (Å²) in [6, 6.07) is 18.1. The minimum absolute atomic E-state index is 0.0312. The molecule has 1 fully saturated rings. The average molecular weight is 374 g/mol. The van der Waals surface area contributed by atoms with E-state index in [1.165, 1.54) is 5.56 Å². The molecule has 0 saturated carbocycles. The van der Waals surface area contributed by atoms with Crippen molar-refractivity contribution in [3.8, 4) is 0 Å². The number of hydrogen-bond acceptors (Lipinski definition) is 2. The number of hydrogen-bond donors (Lipinski definition) is 1. The Morgan fingerprint density at radius 1 is 0.957 bits per heavy atom. The molecule has 1 aliphatic heterocycles. The third-order valence-corrected chi connectivity index (χ3v) is 4.72. The molecule has 1 N–H and O–H groups in total. The number of halogens is 1. The van der Waals surface area contributed by atoms with Crippen LogP contribution >= 0.6 is 15.9 Å². The van der Waals surface area contributed by atoms with Crippen LogP contribution < -0.4 is 5.32 Å². The van der Waals surface area contributed by atoms with Crippen molar-refractivity contribution < 1.29 is 4.79 Å². The Hall–Kier alpha value is -1.85. The van der Waals surface area contributed by atoms with Crippen molar-refractivity contribution in [1.82, 2.24) is 9.80 Å². The second-order valence-electron chi connectivity index (χ2n) is 5.66. The predicted molar refractivity (Wildman–Crippen MR) is 96.5 cm³/mol. The maximum atomic E-state index is 12.4. The Morgan fingerprint density at radius 3 is 2.30 bits per heavy atom. The summed E-state index contributed by atoms with van der Waals surface area (Å²) in [6.07, 6.45) is 0. The normalized spacial score (nSPS) is 15.4. The van der Waals surface area contributed by atoms with Gasteiger partial charge in [0, 0.05) is 37.2 Å². The van der Waals surface area contributed by atoms with Crippen molar-refractivity contribution >= 4 is 27.6 Å². The Labute approximate surface area is 145 Å². The lowest BCUT2D eigenvalue weighted by Crippen LogP contribution is -2.49. The maximum Gasteiger partial charge on any atom is 0.321 e. The highest BCUT2D eigenvalue weighted by atomic mass is 79.9. The minimum Gasteiger partial charge on any atom is -0.322 e. The van der Waals surface area contributed by atoms with Gasteiger partial charge in [-0.05, 0) is 33.6 Å². The first-order valence-corrected chi connectivity index (χ1v) is 8.58. The SMILES string of the molecule is O=C(Nc1ccccc1Br)N1CCN(Cc2ccccc2)CC1. The summed E-state index contributed by atoms with van der Waals surface area (Å²) < 4.78 is 0.899. The second-order valence-corrected chi connectivity index (χ2v) is 6.51. The van der Waals surface area contributed by atoms with Gasteiger partial charge in [-0.25, -0.2) is 4.79 Å². The first kappa shape index (κ1) is 16.0. The van der Waals surface area contributed by atoms with Crippen LogP contribution in [0.15, 0.2) is 59.1 Å². The number of nitrogens with zero attached hydrogens (tertiary/aromatic N) is 2. The molecule has 1 heterocycles. The number of piperazine rings is 1. The van der Waals surface area contributed by atoms with Crippen LogP contribution in [0.2, 0.25) is 0 Å². The van der Waals surface area contributed by atoms with Gasteiger partial charge in [0.15, 0.2) is 0 Å². The van der Waals surface area contributed by atoms with Crippen LogP contribution in [0.3, 0.4) is 0 Å². The average Bonchev–Trinajstić information content (AvgIpc) is 2.58. The lowest BCUT2D eigenvalue weighted by atomic mass is 10.2. The van der Waals surface area contributed by atoms with E-state index in [2.05, 4.69) is 50.4 Å². The first-order chi connectivity index (χ1) is 11.2. The van der Waals surface area contributed by atoms with Crippen LogP contribution in [0, 0.1) is 0 Å².